The number of nitrogens with zero attached hydrogens (tertiary/aromatic N) is 2. The van der Waals surface area contributed by atoms with E-state index in [1.165, 1.54) is 16.9 Å². The molecule has 27 heavy (non-hydrogen) atoms. The summed E-state index contributed by atoms with van der Waals surface area (Å²) in [5, 5.41) is 9.33. The number of anilines is 1. The van der Waals surface area contributed by atoms with Crippen LogP contribution in [-0.2, 0) is 22.4 Å². The first-order valence-corrected chi connectivity index (χ1v) is 10.2. The molecule has 0 radical (unpaired) electrons. The molecular weight excluding hydrogens is 338 g/mol. The van der Waals surface area contributed by atoms with E-state index < -0.39 is 11.8 Å². The van der Waals surface area contributed by atoms with E-state index in [1.54, 1.807) is 0 Å². The van der Waals surface area contributed by atoms with Gasteiger partial charge in [-0.1, -0.05) is 44.2 Å². The predicted molar refractivity (Wildman–Crippen MR) is 105 cm³/mol. The SMILES string of the molecule is N#CCN(C(=O)C(CC1CCCCC1)C(N)=O)c1cccc2c1CCCC2. The van der Waals surface area contributed by atoms with Gasteiger partial charge in [-0.3, -0.25) is 14.5 Å². The Morgan fingerprint density at radius 3 is 2.59 bits per heavy atom. The molecule has 0 saturated heterocycles. The molecule has 144 valence electrons. The van der Waals surface area contributed by atoms with Crippen molar-refractivity contribution >= 4 is 17.5 Å². The zero-order valence-electron chi connectivity index (χ0n) is 16.0. The maximum atomic E-state index is 13.3. The summed E-state index contributed by atoms with van der Waals surface area (Å²) in [6.07, 6.45) is 10.3. The van der Waals surface area contributed by atoms with Gasteiger partial charge >= 0.3 is 0 Å². The number of primary amides is 1. The number of nitriles is 1. The zero-order chi connectivity index (χ0) is 19.2. The van der Waals surface area contributed by atoms with Gasteiger partial charge in [-0.15, -0.1) is 0 Å². The minimum atomic E-state index is -0.846. The van der Waals surface area contributed by atoms with Crippen LogP contribution in [0.4, 0.5) is 5.69 Å². The van der Waals surface area contributed by atoms with E-state index in [0.717, 1.165) is 62.6 Å². The number of hydrogen-bond donors (Lipinski definition) is 1. The standard InChI is InChI=1S/C22H29N3O2/c23-13-14-25(20-12-6-10-17-9-4-5-11-18(17)20)22(27)19(21(24)26)15-16-7-2-1-3-8-16/h6,10,12,16,19H,1-5,7-9,11,14-15H2,(H2,24,26). The van der Waals surface area contributed by atoms with E-state index in [9.17, 15) is 14.9 Å². The number of aryl methyl sites for hydroxylation is 1. The lowest BCUT2D eigenvalue weighted by atomic mass is 9.82. The number of carbonyl (C=O) groups excluding carboxylic acids is 2. The molecule has 0 aliphatic heterocycles. The monoisotopic (exact) mass is 367 g/mol. The van der Waals surface area contributed by atoms with Gasteiger partial charge in [0.05, 0.1) is 6.07 Å². The highest BCUT2D eigenvalue weighted by atomic mass is 16.2. The molecule has 2 aliphatic rings. The summed E-state index contributed by atoms with van der Waals surface area (Å²) in [5.41, 5.74) is 8.82. The van der Waals surface area contributed by atoms with E-state index in [-0.39, 0.29) is 12.5 Å². The summed E-state index contributed by atoms with van der Waals surface area (Å²) in [6.45, 7) is -0.0519. The van der Waals surface area contributed by atoms with Crippen LogP contribution in [-0.4, -0.2) is 18.4 Å². The van der Waals surface area contributed by atoms with Crippen molar-refractivity contribution in [3.63, 3.8) is 0 Å². The minimum Gasteiger partial charge on any atom is -0.369 e. The van der Waals surface area contributed by atoms with E-state index in [4.69, 9.17) is 5.73 Å². The molecule has 2 N–H and O–H groups in total. The summed E-state index contributed by atoms with van der Waals surface area (Å²) < 4.78 is 0. The summed E-state index contributed by atoms with van der Waals surface area (Å²) in [4.78, 5) is 26.9. The Morgan fingerprint density at radius 2 is 1.89 bits per heavy atom. The van der Waals surface area contributed by atoms with Crippen molar-refractivity contribution in [3.8, 4) is 6.07 Å². The van der Waals surface area contributed by atoms with E-state index >= 15 is 0 Å². The molecule has 0 bridgehead atoms. The van der Waals surface area contributed by atoms with Crippen LogP contribution in [0.2, 0.25) is 0 Å². The predicted octanol–water partition coefficient (Wildman–Crippen LogP) is 3.49. The normalized spacial score (nSPS) is 18.2. The van der Waals surface area contributed by atoms with E-state index in [1.807, 2.05) is 12.1 Å². The Balaban J connectivity index is 1.87. The third kappa shape index (κ3) is 4.50. The van der Waals surface area contributed by atoms with Gasteiger partial charge in [0.25, 0.3) is 0 Å². The number of hydrogen-bond acceptors (Lipinski definition) is 3. The van der Waals surface area contributed by atoms with Crippen molar-refractivity contribution in [1.29, 1.82) is 5.26 Å². The van der Waals surface area contributed by atoms with Crippen LogP contribution >= 0.6 is 0 Å². The second-order valence-corrected chi connectivity index (χ2v) is 7.90. The number of fused-ring (bicyclic) bond motifs is 1. The second-order valence-electron chi connectivity index (χ2n) is 7.90. The molecule has 0 spiro atoms. The smallest absolute Gasteiger partial charge is 0.240 e. The van der Waals surface area contributed by atoms with Gasteiger partial charge in [0.15, 0.2) is 0 Å². The highest BCUT2D eigenvalue weighted by Gasteiger charge is 2.33. The van der Waals surface area contributed by atoms with Gasteiger partial charge in [-0.2, -0.15) is 5.26 Å². The maximum Gasteiger partial charge on any atom is 0.240 e. The Labute approximate surface area is 161 Å². The van der Waals surface area contributed by atoms with Crippen LogP contribution in [0.3, 0.4) is 0 Å². The van der Waals surface area contributed by atoms with Crippen molar-refractivity contribution in [3.05, 3.63) is 29.3 Å². The van der Waals surface area contributed by atoms with Crippen LogP contribution < -0.4 is 10.6 Å². The van der Waals surface area contributed by atoms with Gasteiger partial charge in [-0.25, -0.2) is 0 Å². The third-order valence-electron chi connectivity index (χ3n) is 6.09. The largest absolute Gasteiger partial charge is 0.369 e. The molecule has 1 aromatic carbocycles. The van der Waals surface area contributed by atoms with Gasteiger partial charge < -0.3 is 5.73 Å². The Bertz CT molecular complexity index is 732. The summed E-state index contributed by atoms with van der Waals surface area (Å²) in [7, 11) is 0. The molecular formula is C22H29N3O2. The molecule has 1 unspecified atom stereocenters. The second kappa shape index (κ2) is 9.03. The molecule has 0 heterocycles. The first-order chi connectivity index (χ1) is 13.1. The fourth-order valence-corrected chi connectivity index (χ4v) is 4.65. The van der Waals surface area contributed by atoms with Crippen molar-refractivity contribution in [2.24, 2.45) is 17.6 Å². The van der Waals surface area contributed by atoms with Crippen LogP contribution in [0.15, 0.2) is 18.2 Å². The highest BCUT2D eigenvalue weighted by Crippen LogP contribution is 2.33. The molecule has 5 heteroatoms. The fourth-order valence-electron chi connectivity index (χ4n) is 4.65. The molecule has 3 rings (SSSR count). The first-order valence-electron chi connectivity index (χ1n) is 10.2. The van der Waals surface area contributed by atoms with Crippen LogP contribution in [0.1, 0.15) is 62.5 Å². The van der Waals surface area contributed by atoms with Crippen molar-refractivity contribution in [1.82, 2.24) is 0 Å². The zero-order valence-corrected chi connectivity index (χ0v) is 16.0. The molecule has 2 aliphatic carbocycles. The molecule has 1 atom stereocenters. The van der Waals surface area contributed by atoms with Crippen molar-refractivity contribution in [2.75, 3.05) is 11.4 Å². The summed E-state index contributed by atoms with van der Waals surface area (Å²) >= 11 is 0. The molecule has 1 saturated carbocycles. The molecule has 2 amide bonds. The summed E-state index contributed by atoms with van der Waals surface area (Å²) in [6, 6.07) is 8.05. The van der Waals surface area contributed by atoms with Crippen molar-refractivity contribution < 1.29 is 9.59 Å². The third-order valence-corrected chi connectivity index (χ3v) is 6.09. The van der Waals surface area contributed by atoms with Gasteiger partial charge in [-0.05, 0) is 55.2 Å². The van der Waals surface area contributed by atoms with Crippen molar-refractivity contribution in [2.45, 2.75) is 64.2 Å². The number of carbonyl (C=O) groups is 2. The van der Waals surface area contributed by atoms with Crippen LogP contribution in [0.25, 0.3) is 0 Å². The van der Waals surface area contributed by atoms with Gasteiger partial charge in [0.2, 0.25) is 11.8 Å². The quantitative estimate of drug-likeness (QED) is 0.617. The highest BCUT2D eigenvalue weighted by molar-refractivity contribution is 6.07. The Morgan fingerprint density at radius 1 is 1.15 bits per heavy atom. The molecule has 1 aromatic rings. The molecule has 5 nitrogen and oxygen atoms in total. The molecule has 0 aromatic heterocycles. The summed E-state index contributed by atoms with van der Waals surface area (Å²) in [5.74, 6) is -1.36. The number of nitrogens with two attached hydrogens (primary N) is 1. The average Bonchev–Trinajstić information content (AvgIpc) is 2.70. The number of amides is 2. The number of benzene rings is 1. The molecule has 1 fully saturated rings. The first kappa shape index (κ1) is 19.4. The lowest BCUT2D eigenvalue weighted by Gasteiger charge is -2.30. The fraction of sp³-hybridized carbons (Fsp3) is 0.591. The Hall–Kier alpha value is -2.35. The van der Waals surface area contributed by atoms with E-state index in [2.05, 4.69) is 12.1 Å². The van der Waals surface area contributed by atoms with Gasteiger partial charge in [0.1, 0.15) is 12.5 Å². The minimum absolute atomic E-state index is 0.0519. The topological polar surface area (TPSA) is 87.2 Å². The maximum absolute atomic E-state index is 13.3. The van der Waals surface area contributed by atoms with E-state index in [0.29, 0.717) is 12.3 Å². The van der Waals surface area contributed by atoms with Gasteiger partial charge in [0, 0.05) is 5.69 Å². The average molecular weight is 367 g/mol. The van der Waals surface area contributed by atoms with Crippen LogP contribution in [0, 0.1) is 23.2 Å². The number of rotatable bonds is 6. The Kier molecular flexibility index (Phi) is 6.49. The lowest BCUT2D eigenvalue weighted by Crippen LogP contribution is -2.43. The van der Waals surface area contributed by atoms with Crippen LogP contribution in [0.5, 0.6) is 0 Å². The lowest BCUT2D eigenvalue weighted by molar-refractivity contribution is -0.132.